The van der Waals surface area contributed by atoms with E-state index in [2.05, 4.69) is 10.0 Å². The predicted molar refractivity (Wildman–Crippen MR) is 133 cm³/mol. The van der Waals surface area contributed by atoms with Gasteiger partial charge in [0, 0.05) is 30.8 Å². The SMILES string of the molecule is Cc1ccc(OCC(O)CN(C)CCc2ccc(NS(C)(=O)=O)cc2)c2c1NC(=O)CC2.Cl. The lowest BCUT2D eigenvalue weighted by atomic mass is 9.98. The summed E-state index contributed by atoms with van der Waals surface area (Å²) in [4.78, 5) is 13.7. The number of aliphatic hydroxyl groups excluding tert-OH is 1. The zero-order chi connectivity index (χ0) is 23.3. The van der Waals surface area contributed by atoms with E-state index in [4.69, 9.17) is 4.74 Å². The number of carbonyl (C=O) groups is 1. The number of fused-ring (bicyclic) bond motifs is 1. The highest BCUT2D eigenvalue weighted by Gasteiger charge is 2.21. The highest BCUT2D eigenvalue weighted by atomic mass is 35.5. The number of halogens is 1. The number of anilines is 2. The number of sulfonamides is 1. The van der Waals surface area contributed by atoms with Crippen molar-refractivity contribution in [2.45, 2.75) is 32.3 Å². The molecule has 1 atom stereocenters. The average Bonchev–Trinajstić information content (AvgIpc) is 2.72. The summed E-state index contributed by atoms with van der Waals surface area (Å²) in [6, 6.07) is 11.1. The molecule has 0 fully saturated rings. The summed E-state index contributed by atoms with van der Waals surface area (Å²) in [5.74, 6) is 0.718. The quantitative estimate of drug-likeness (QED) is 0.465. The van der Waals surface area contributed by atoms with Gasteiger partial charge in [0.1, 0.15) is 18.5 Å². The summed E-state index contributed by atoms with van der Waals surface area (Å²) in [5.41, 5.74) is 4.42. The largest absolute Gasteiger partial charge is 0.490 e. The van der Waals surface area contributed by atoms with Gasteiger partial charge in [-0.3, -0.25) is 9.52 Å². The minimum absolute atomic E-state index is 0. The molecular formula is C23H32ClN3O5S. The highest BCUT2D eigenvalue weighted by Crippen LogP contribution is 2.34. The third-order valence-corrected chi connectivity index (χ3v) is 5.94. The molecule has 0 saturated carbocycles. The first-order valence-corrected chi connectivity index (χ1v) is 12.5. The third kappa shape index (κ3) is 8.19. The number of nitrogens with one attached hydrogen (secondary N) is 2. The number of amides is 1. The van der Waals surface area contributed by atoms with Crippen LogP contribution in [0.15, 0.2) is 36.4 Å². The molecule has 0 spiro atoms. The van der Waals surface area contributed by atoms with Gasteiger partial charge in [-0.05, 0) is 56.1 Å². The van der Waals surface area contributed by atoms with Gasteiger partial charge in [0.15, 0.2) is 0 Å². The zero-order valence-corrected chi connectivity index (χ0v) is 20.8. The van der Waals surface area contributed by atoms with Gasteiger partial charge in [0.25, 0.3) is 0 Å². The van der Waals surface area contributed by atoms with Crippen LogP contribution in [0.4, 0.5) is 11.4 Å². The second-order valence-corrected chi connectivity index (χ2v) is 10.1. The Kier molecular flexibility index (Phi) is 9.54. The number of nitrogens with zero attached hydrogens (tertiary/aromatic N) is 1. The fraction of sp³-hybridized carbons (Fsp3) is 0.435. The van der Waals surface area contributed by atoms with Gasteiger partial charge in [-0.1, -0.05) is 18.2 Å². The first kappa shape index (κ1) is 26.9. The molecule has 33 heavy (non-hydrogen) atoms. The Morgan fingerprint density at radius 2 is 1.88 bits per heavy atom. The smallest absolute Gasteiger partial charge is 0.229 e. The molecule has 0 saturated heterocycles. The zero-order valence-electron chi connectivity index (χ0n) is 19.1. The lowest BCUT2D eigenvalue weighted by Gasteiger charge is -2.24. The molecule has 10 heteroatoms. The highest BCUT2D eigenvalue weighted by molar-refractivity contribution is 7.92. The van der Waals surface area contributed by atoms with Crippen molar-refractivity contribution in [3.05, 3.63) is 53.1 Å². The van der Waals surface area contributed by atoms with Crippen LogP contribution in [0.1, 0.15) is 23.1 Å². The van der Waals surface area contributed by atoms with Crippen LogP contribution < -0.4 is 14.8 Å². The summed E-state index contributed by atoms with van der Waals surface area (Å²) in [6.07, 6.45) is 2.30. The van der Waals surface area contributed by atoms with Crippen LogP contribution in [-0.2, 0) is 27.7 Å². The molecule has 2 aromatic rings. The van der Waals surface area contributed by atoms with Gasteiger partial charge >= 0.3 is 0 Å². The maximum Gasteiger partial charge on any atom is 0.229 e. The standard InChI is InChI=1S/C23H31N3O5S.ClH/c1-16-4-10-21(20-9-11-22(28)24-23(16)20)31-15-19(27)14-26(2)13-12-17-5-7-18(8-6-17)25-32(3,29)30;/h4-8,10,19,25,27H,9,11-15H2,1-3H3,(H,24,28);1H. The first-order valence-electron chi connectivity index (χ1n) is 10.6. The minimum atomic E-state index is -3.28. The number of hydrogen-bond donors (Lipinski definition) is 3. The Bertz CT molecular complexity index is 1060. The molecule has 2 aromatic carbocycles. The number of likely N-dealkylation sites (N-methyl/N-ethyl adjacent to an activating group) is 1. The van der Waals surface area contributed by atoms with Crippen LogP contribution in [0.3, 0.4) is 0 Å². The second kappa shape index (κ2) is 11.7. The molecule has 3 N–H and O–H groups in total. The number of hydrogen-bond acceptors (Lipinski definition) is 6. The topological polar surface area (TPSA) is 108 Å². The van der Waals surface area contributed by atoms with E-state index in [-0.39, 0.29) is 24.9 Å². The van der Waals surface area contributed by atoms with E-state index in [1.807, 2.05) is 43.1 Å². The number of aliphatic hydroxyl groups is 1. The summed E-state index contributed by atoms with van der Waals surface area (Å²) in [7, 11) is -1.34. The van der Waals surface area contributed by atoms with Crippen LogP contribution in [0, 0.1) is 6.92 Å². The molecule has 1 amide bonds. The number of carbonyl (C=O) groups excluding carboxylic acids is 1. The summed E-state index contributed by atoms with van der Waals surface area (Å²) < 4.78 is 30.9. The second-order valence-electron chi connectivity index (χ2n) is 8.33. The minimum Gasteiger partial charge on any atom is -0.490 e. The Balaban J connectivity index is 0.00000385. The maximum atomic E-state index is 11.7. The van der Waals surface area contributed by atoms with E-state index >= 15 is 0 Å². The predicted octanol–water partition coefficient (Wildman–Crippen LogP) is 2.59. The molecule has 0 radical (unpaired) electrons. The molecule has 0 aliphatic carbocycles. The van der Waals surface area contributed by atoms with Crippen LogP contribution in [0.2, 0.25) is 0 Å². The van der Waals surface area contributed by atoms with Crippen molar-refractivity contribution >= 4 is 39.7 Å². The molecule has 1 aliphatic heterocycles. The van der Waals surface area contributed by atoms with E-state index < -0.39 is 16.1 Å². The van der Waals surface area contributed by atoms with Crippen LogP contribution in [0.5, 0.6) is 5.75 Å². The van der Waals surface area contributed by atoms with Crippen LogP contribution >= 0.6 is 12.4 Å². The van der Waals surface area contributed by atoms with E-state index in [0.29, 0.717) is 30.8 Å². The molecule has 1 aliphatic rings. The molecule has 182 valence electrons. The molecule has 0 aromatic heterocycles. The average molecular weight is 498 g/mol. The van der Waals surface area contributed by atoms with Crippen LogP contribution in [-0.4, -0.2) is 63.4 Å². The van der Waals surface area contributed by atoms with Gasteiger partial charge in [-0.2, -0.15) is 0 Å². The molecule has 8 nitrogen and oxygen atoms in total. The molecule has 1 unspecified atom stereocenters. The summed E-state index contributed by atoms with van der Waals surface area (Å²) in [5, 5.41) is 13.3. The fourth-order valence-corrected chi connectivity index (χ4v) is 4.27. The fourth-order valence-electron chi connectivity index (χ4n) is 3.71. The molecule has 3 rings (SSSR count). The van der Waals surface area contributed by atoms with Crippen LogP contribution in [0.25, 0.3) is 0 Å². The number of aryl methyl sites for hydroxylation is 1. The first-order chi connectivity index (χ1) is 15.1. The molecule has 1 heterocycles. The molecule has 0 bridgehead atoms. The Morgan fingerprint density at radius 1 is 1.18 bits per heavy atom. The molecular weight excluding hydrogens is 466 g/mol. The Morgan fingerprint density at radius 3 is 2.55 bits per heavy atom. The van der Waals surface area contributed by atoms with Gasteiger partial charge in [-0.25, -0.2) is 8.42 Å². The lowest BCUT2D eigenvalue weighted by molar-refractivity contribution is -0.116. The van der Waals surface area contributed by atoms with Crippen molar-refractivity contribution < 1.29 is 23.1 Å². The number of rotatable bonds is 10. The van der Waals surface area contributed by atoms with Crippen molar-refractivity contribution in [2.24, 2.45) is 0 Å². The van der Waals surface area contributed by atoms with E-state index in [1.165, 1.54) is 0 Å². The van der Waals surface area contributed by atoms with E-state index in [9.17, 15) is 18.3 Å². The van der Waals surface area contributed by atoms with Crippen molar-refractivity contribution in [3.63, 3.8) is 0 Å². The Labute approximate surface area is 201 Å². The normalized spacial score (nSPS) is 14.2. The maximum absolute atomic E-state index is 11.7. The Hall–Kier alpha value is -2.33. The summed E-state index contributed by atoms with van der Waals surface area (Å²) in [6.45, 7) is 3.31. The number of benzene rings is 2. The van der Waals surface area contributed by atoms with Crippen molar-refractivity contribution in [1.82, 2.24) is 4.90 Å². The lowest BCUT2D eigenvalue weighted by Crippen LogP contribution is -2.34. The van der Waals surface area contributed by atoms with Gasteiger partial charge in [-0.15, -0.1) is 12.4 Å². The van der Waals surface area contributed by atoms with Gasteiger partial charge in [0.2, 0.25) is 15.9 Å². The number of ether oxygens (including phenoxy) is 1. The van der Waals surface area contributed by atoms with E-state index in [1.54, 1.807) is 12.1 Å². The summed E-state index contributed by atoms with van der Waals surface area (Å²) >= 11 is 0. The van der Waals surface area contributed by atoms with Gasteiger partial charge in [0.05, 0.1) is 11.9 Å². The van der Waals surface area contributed by atoms with Crippen molar-refractivity contribution in [1.29, 1.82) is 0 Å². The monoisotopic (exact) mass is 497 g/mol. The van der Waals surface area contributed by atoms with Crippen molar-refractivity contribution in [3.8, 4) is 5.75 Å². The van der Waals surface area contributed by atoms with E-state index in [0.717, 1.165) is 41.6 Å². The van der Waals surface area contributed by atoms with Gasteiger partial charge < -0.3 is 20.1 Å². The van der Waals surface area contributed by atoms with Crippen molar-refractivity contribution in [2.75, 3.05) is 43.0 Å². The third-order valence-electron chi connectivity index (χ3n) is 5.34.